The van der Waals surface area contributed by atoms with Crippen LogP contribution < -0.4 is 15.8 Å². The lowest BCUT2D eigenvalue weighted by Gasteiger charge is -2.10. The molecule has 1 aromatic rings. The number of hydrogen-bond donors (Lipinski definition) is 2. The summed E-state index contributed by atoms with van der Waals surface area (Å²) in [7, 11) is 0. The minimum Gasteiger partial charge on any atom is -0.476 e. The molecule has 0 radical (unpaired) electrons. The minimum absolute atomic E-state index is 0.523. The number of nitrogens with zero attached hydrogens (tertiary/aromatic N) is 1. The van der Waals surface area contributed by atoms with E-state index in [1.807, 2.05) is 19.1 Å². The third-order valence-electron chi connectivity index (χ3n) is 3.19. The van der Waals surface area contributed by atoms with Crippen molar-refractivity contribution in [2.45, 2.75) is 52.9 Å². The van der Waals surface area contributed by atoms with Crippen LogP contribution >= 0.6 is 0 Å². The highest BCUT2D eigenvalue weighted by molar-refractivity contribution is 5.53. The van der Waals surface area contributed by atoms with Crippen molar-refractivity contribution in [3.05, 3.63) is 12.1 Å². The van der Waals surface area contributed by atoms with Gasteiger partial charge in [0.05, 0.1) is 12.3 Å². The van der Waals surface area contributed by atoms with E-state index >= 15 is 0 Å². The van der Waals surface area contributed by atoms with Crippen LogP contribution in [0.4, 0.5) is 11.5 Å². The van der Waals surface area contributed by atoms with Gasteiger partial charge in [0.1, 0.15) is 5.82 Å². The maximum atomic E-state index is 5.79. The van der Waals surface area contributed by atoms with E-state index in [1.54, 1.807) is 0 Å². The van der Waals surface area contributed by atoms with Gasteiger partial charge in [-0.15, -0.1) is 0 Å². The summed E-state index contributed by atoms with van der Waals surface area (Å²) in [6.07, 6.45) is 6.44. The Morgan fingerprint density at radius 3 is 2.65 bits per heavy atom. The van der Waals surface area contributed by atoms with Gasteiger partial charge in [-0.3, -0.25) is 0 Å². The number of ether oxygens (including phenoxy) is 1. The summed E-state index contributed by atoms with van der Waals surface area (Å²) in [4.78, 5) is 4.36. The van der Waals surface area contributed by atoms with E-state index in [-0.39, 0.29) is 0 Å². The van der Waals surface area contributed by atoms with Crippen molar-refractivity contribution in [2.24, 2.45) is 5.92 Å². The molecule has 0 aliphatic rings. The molecule has 20 heavy (non-hydrogen) atoms. The van der Waals surface area contributed by atoms with E-state index < -0.39 is 0 Å². The summed E-state index contributed by atoms with van der Waals surface area (Å²) in [6.45, 7) is 8.02. The van der Waals surface area contributed by atoms with Crippen LogP contribution in [-0.4, -0.2) is 18.1 Å². The van der Waals surface area contributed by atoms with Crippen LogP contribution in [0.1, 0.15) is 52.9 Å². The number of nitrogens with two attached hydrogens (primary N) is 1. The van der Waals surface area contributed by atoms with Gasteiger partial charge in [0, 0.05) is 6.54 Å². The first-order chi connectivity index (χ1) is 9.63. The average Bonchev–Trinajstić information content (AvgIpc) is 2.41. The number of anilines is 2. The van der Waals surface area contributed by atoms with Crippen molar-refractivity contribution in [1.82, 2.24) is 4.98 Å². The Kier molecular flexibility index (Phi) is 7.85. The molecular weight excluding hydrogens is 250 g/mol. The van der Waals surface area contributed by atoms with Crippen LogP contribution in [-0.2, 0) is 0 Å². The van der Waals surface area contributed by atoms with Crippen molar-refractivity contribution in [3.63, 3.8) is 0 Å². The Morgan fingerprint density at radius 1 is 1.20 bits per heavy atom. The molecule has 0 bridgehead atoms. The first kappa shape index (κ1) is 16.6. The van der Waals surface area contributed by atoms with Gasteiger partial charge in [0.2, 0.25) is 5.88 Å². The fourth-order valence-corrected chi connectivity index (χ4v) is 2.05. The predicted octanol–water partition coefficient (Wildman–Crippen LogP) is 4.08. The molecule has 1 heterocycles. The van der Waals surface area contributed by atoms with Gasteiger partial charge in [-0.2, -0.15) is 4.98 Å². The first-order valence-corrected chi connectivity index (χ1v) is 7.76. The van der Waals surface area contributed by atoms with E-state index in [4.69, 9.17) is 10.5 Å². The third kappa shape index (κ3) is 6.64. The van der Waals surface area contributed by atoms with Crippen LogP contribution in [0.2, 0.25) is 0 Å². The van der Waals surface area contributed by atoms with E-state index in [0.29, 0.717) is 18.2 Å². The highest BCUT2D eigenvalue weighted by atomic mass is 16.5. The molecule has 0 spiro atoms. The van der Waals surface area contributed by atoms with Gasteiger partial charge in [0.25, 0.3) is 0 Å². The van der Waals surface area contributed by atoms with E-state index in [2.05, 4.69) is 24.1 Å². The van der Waals surface area contributed by atoms with E-state index in [9.17, 15) is 0 Å². The van der Waals surface area contributed by atoms with Crippen LogP contribution in [0.25, 0.3) is 0 Å². The molecule has 114 valence electrons. The molecule has 0 saturated heterocycles. The summed E-state index contributed by atoms with van der Waals surface area (Å²) >= 11 is 0. The Labute approximate surface area is 123 Å². The molecule has 0 saturated carbocycles. The van der Waals surface area contributed by atoms with Gasteiger partial charge >= 0.3 is 0 Å². The maximum absolute atomic E-state index is 5.79. The lowest BCUT2D eigenvalue weighted by molar-refractivity contribution is 0.329. The first-order valence-electron chi connectivity index (χ1n) is 7.76. The second-order valence-corrected chi connectivity index (χ2v) is 5.55. The normalized spacial score (nSPS) is 10.8. The molecule has 4 heteroatoms. The van der Waals surface area contributed by atoms with Crippen molar-refractivity contribution in [1.29, 1.82) is 0 Å². The van der Waals surface area contributed by atoms with Crippen molar-refractivity contribution in [3.8, 4) is 5.88 Å². The van der Waals surface area contributed by atoms with Crippen LogP contribution in [0.15, 0.2) is 12.1 Å². The fourth-order valence-electron chi connectivity index (χ4n) is 2.05. The maximum Gasteiger partial charge on any atom is 0.239 e. The number of aromatic nitrogens is 1. The van der Waals surface area contributed by atoms with Crippen LogP contribution in [0.3, 0.4) is 0 Å². The van der Waals surface area contributed by atoms with Crippen LogP contribution in [0, 0.1) is 5.92 Å². The number of pyridine rings is 1. The zero-order valence-corrected chi connectivity index (χ0v) is 13.1. The monoisotopic (exact) mass is 279 g/mol. The molecular formula is C16H29N3O. The smallest absolute Gasteiger partial charge is 0.239 e. The Hall–Kier alpha value is -1.45. The predicted molar refractivity (Wildman–Crippen MR) is 86.2 cm³/mol. The zero-order chi connectivity index (χ0) is 14.8. The molecule has 0 amide bonds. The van der Waals surface area contributed by atoms with Gasteiger partial charge < -0.3 is 15.8 Å². The molecule has 0 atom stereocenters. The molecule has 3 N–H and O–H groups in total. The van der Waals surface area contributed by atoms with Gasteiger partial charge in [-0.05, 0) is 31.4 Å². The third-order valence-corrected chi connectivity index (χ3v) is 3.19. The molecule has 1 aromatic heterocycles. The second kappa shape index (κ2) is 9.45. The Morgan fingerprint density at radius 2 is 1.95 bits per heavy atom. The summed E-state index contributed by atoms with van der Waals surface area (Å²) in [5.41, 5.74) is 6.38. The van der Waals surface area contributed by atoms with Crippen LogP contribution in [0.5, 0.6) is 5.88 Å². The van der Waals surface area contributed by atoms with Crippen molar-refractivity contribution >= 4 is 11.5 Å². The number of unbranched alkanes of at least 4 members (excludes halogenated alkanes) is 3. The lowest BCUT2D eigenvalue weighted by atomic mass is 10.0. The average molecular weight is 279 g/mol. The largest absolute Gasteiger partial charge is 0.476 e. The molecule has 1 rings (SSSR count). The summed E-state index contributed by atoms with van der Waals surface area (Å²) in [6, 6.07) is 3.74. The Balaban J connectivity index is 2.20. The highest BCUT2D eigenvalue weighted by Gasteiger charge is 2.03. The van der Waals surface area contributed by atoms with E-state index in [0.717, 1.165) is 18.3 Å². The minimum atomic E-state index is 0.523. The number of rotatable bonds is 10. The molecule has 0 unspecified atom stereocenters. The van der Waals surface area contributed by atoms with E-state index in [1.165, 1.54) is 32.1 Å². The fraction of sp³-hybridized carbons (Fsp3) is 0.688. The molecule has 4 nitrogen and oxygen atoms in total. The topological polar surface area (TPSA) is 60.2 Å². The summed E-state index contributed by atoms with van der Waals surface area (Å²) in [5.74, 6) is 2.18. The van der Waals surface area contributed by atoms with Crippen molar-refractivity contribution < 1.29 is 4.74 Å². The zero-order valence-electron chi connectivity index (χ0n) is 13.1. The number of nitrogens with one attached hydrogen (secondary N) is 1. The summed E-state index contributed by atoms with van der Waals surface area (Å²) in [5, 5.41) is 3.32. The van der Waals surface area contributed by atoms with Gasteiger partial charge in [-0.25, -0.2) is 0 Å². The molecule has 0 aliphatic heterocycles. The van der Waals surface area contributed by atoms with Crippen molar-refractivity contribution in [2.75, 3.05) is 24.2 Å². The SMILES string of the molecule is CCOc1nc(NCCCCCCC(C)C)ccc1N. The standard InChI is InChI=1S/C16H29N3O/c1-4-20-16-14(17)10-11-15(19-16)18-12-8-6-5-7-9-13(2)3/h10-11,13H,4-9,12,17H2,1-3H3,(H,18,19). The van der Waals surface area contributed by atoms with Gasteiger partial charge in [-0.1, -0.05) is 39.5 Å². The lowest BCUT2D eigenvalue weighted by Crippen LogP contribution is -2.06. The van der Waals surface area contributed by atoms with Gasteiger partial charge in [0.15, 0.2) is 0 Å². The molecule has 0 aliphatic carbocycles. The number of hydrogen-bond acceptors (Lipinski definition) is 4. The second-order valence-electron chi connectivity index (χ2n) is 5.55. The quantitative estimate of drug-likeness (QED) is 0.633. The molecule has 0 aromatic carbocycles. The summed E-state index contributed by atoms with van der Waals surface area (Å²) < 4.78 is 5.38. The highest BCUT2D eigenvalue weighted by Crippen LogP contribution is 2.20. The molecule has 0 fully saturated rings. The number of nitrogen functional groups attached to an aromatic ring is 1. The Bertz CT molecular complexity index is 380.